The Kier molecular flexibility index (Phi) is 3.15. The maximum atomic E-state index is 4.08. The van der Waals surface area contributed by atoms with E-state index < -0.39 is 0 Å². The molecular formula is C16H21N3. The summed E-state index contributed by atoms with van der Waals surface area (Å²) in [6, 6.07) is 8.77. The molecule has 1 aromatic heterocycles. The van der Waals surface area contributed by atoms with Crippen LogP contribution in [0.4, 0.5) is 0 Å². The molecular weight excluding hydrogens is 234 g/mol. The summed E-state index contributed by atoms with van der Waals surface area (Å²) < 4.78 is 2.03. The van der Waals surface area contributed by atoms with Crippen LogP contribution in [-0.4, -0.2) is 27.0 Å². The molecule has 0 spiro atoms. The number of hydrogen-bond donors (Lipinski definition) is 0. The van der Waals surface area contributed by atoms with E-state index in [1.807, 2.05) is 17.1 Å². The van der Waals surface area contributed by atoms with E-state index in [0.29, 0.717) is 5.54 Å². The first-order chi connectivity index (χ1) is 9.23. The fourth-order valence-corrected chi connectivity index (χ4v) is 2.78. The molecule has 3 rings (SSSR count). The number of imidazole rings is 1. The predicted octanol–water partition coefficient (Wildman–Crippen LogP) is 3.25. The zero-order chi connectivity index (χ0) is 13.3. The summed E-state index contributed by atoms with van der Waals surface area (Å²) in [4.78, 5) is 6.59. The van der Waals surface area contributed by atoms with Gasteiger partial charge >= 0.3 is 0 Å². The first-order valence-electron chi connectivity index (χ1n) is 7.02. The summed E-state index contributed by atoms with van der Waals surface area (Å²) >= 11 is 0. The molecule has 100 valence electrons. The third-order valence-corrected chi connectivity index (χ3v) is 4.45. The van der Waals surface area contributed by atoms with E-state index in [-0.39, 0.29) is 0 Å². The molecule has 0 aliphatic heterocycles. The van der Waals surface area contributed by atoms with Crippen molar-refractivity contribution in [2.45, 2.75) is 38.3 Å². The second-order valence-corrected chi connectivity index (χ2v) is 5.57. The fraction of sp³-hybridized carbons (Fsp3) is 0.438. The predicted molar refractivity (Wildman–Crippen MR) is 77.3 cm³/mol. The van der Waals surface area contributed by atoms with Gasteiger partial charge in [0.2, 0.25) is 0 Å². The third kappa shape index (κ3) is 2.43. The smallest absolute Gasteiger partial charge is 0.0991 e. The van der Waals surface area contributed by atoms with Gasteiger partial charge in [-0.3, -0.25) is 4.90 Å². The lowest BCUT2D eigenvalue weighted by molar-refractivity contribution is 0.206. The zero-order valence-corrected chi connectivity index (χ0v) is 11.7. The maximum Gasteiger partial charge on any atom is 0.0991 e. The molecule has 1 aliphatic carbocycles. The van der Waals surface area contributed by atoms with Gasteiger partial charge in [-0.15, -0.1) is 0 Å². The summed E-state index contributed by atoms with van der Waals surface area (Å²) in [7, 11) is 2.25. The van der Waals surface area contributed by atoms with Gasteiger partial charge in [0.15, 0.2) is 0 Å². The number of benzene rings is 1. The number of nitrogens with zero attached hydrogens (tertiary/aromatic N) is 3. The Morgan fingerprint density at radius 1 is 1.26 bits per heavy atom. The van der Waals surface area contributed by atoms with E-state index in [1.54, 1.807) is 6.20 Å². The molecule has 0 unspecified atom stereocenters. The van der Waals surface area contributed by atoms with Crippen molar-refractivity contribution in [3.8, 4) is 5.69 Å². The molecule has 0 bridgehead atoms. The van der Waals surface area contributed by atoms with Gasteiger partial charge < -0.3 is 4.57 Å². The lowest BCUT2D eigenvalue weighted by Gasteiger charge is -2.27. The summed E-state index contributed by atoms with van der Waals surface area (Å²) in [6.07, 6.45) is 9.57. The number of aromatic nitrogens is 2. The Hall–Kier alpha value is -1.61. The highest BCUT2D eigenvalue weighted by Gasteiger charge is 2.44. The molecule has 0 radical (unpaired) electrons. The van der Waals surface area contributed by atoms with Crippen LogP contribution in [0, 0.1) is 0 Å². The van der Waals surface area contributed by atoms with Gasteiger partial charge in [0.05, 0.1) is 6.33 Å². The lowest BCUT2D eigenvalue weighted by Crippen LogP contribution is -2.32. The van der Waals surface area contributed by atoms with E-state index in [9.17, 15) is 0 Å². The number of rotatable bonds is 5. The third-order valence-electron chi connectivity index (χ3n) is 4.45. The highest BCUT2D eigenvalue weighted by molar-refractivity contribution is 5.34. The molecule has 3 nitrogen and oxygen atoms in total. The monoisotopic (exact) mass is 255 g/mol. The van der Waals surface area contributed by atoms with Gasteiger partial charge in [-0.25, -0.2) is 4.98 Å². The maximum absolute atomic E-state index is 4.08. The average Bonchev–Trinajstić information content (AvgIpc) is 3.06. The molecule has 1 saturated carbocycles. The van der Waals surface area contributed by atoms with Crippen LogP contribution in [0.15, 0.2) is 43.0 Å². The van der Waals surface area contributed by atoms with Crippen LogP contribution in [-0.2, 0) is 6.54 Å². The standard InChI is InChI=1S/C16H21N3/c1-3-16(8-9-16)18(2)12-14-4-6-15(7-5-14)19-11-10-17-13-19/h4-7,10-11,13H,3,8-9,12H2,1-2H3. The number of hydrogen-bond acceptors (Lipinski definition) is 2. The average molecular weight is 255 g/mol. The Bertz CT molecular complexity index is 524. The fourth-order valence-electron chi connectivity index (χ4n) is 2.78. The normalized spacial score (nSPS) is 16.8. The van der Waals surface area contributed by atoms with Crippen molar-refractivity contribution < 1.29 is 0 Å². The second-order valence-electron chi connectivity index (χ2n) is 5.57. The first-order valence-corrected chi connectivity index (χ1v) is 7.02. The van der Waals surface area contributed by atoms with Crippen molar-refractivity contribution in [1.29, 1.82) is 0 Å². The lowest BCUT2D eigenvalue weighted by atomic mass is 10.1. The van der Waals surface area contributed by atoms with Gasteiger partial charge in [0.25, 0.3) is 0 Å². The topological polar surface area (TPSA) is 21.1 Å². The SMILES string of the molecule is CCC1(N(C)Cc2ccc(-n3ccnc3)cc2)CC1. The van der Waals surface area contributed by atoms with Crippen molar-refractivity contribution in [3.05, 3.63) is 48.5 Å². The van der Waals surface area contributed by atoms with Crippen LogP contribution >= 0.6 is 0 Å². The minimum absolute atomic E-state index is 0.489. The van der Waals surface area contributed by atoms with Crippen LogP contribution in [0.3, 0.4) is 0 Å². The second kappa shape index (κ2) is 4.82. The van der Waals surface area contributed by atoms with Crippen LogP contribution < -0.4 is 0 Å². The van der Waals surface area contributed by atoms with Gasteiger partial charge in [-0.05, 0) is 44.0 Å². The van der Waals surface area contributed by atoms with Crippen LogP contribution in [0.1, 0.15) is 31.7 Å². The minimum Gasteiger partial charge on any atom is -0.306 e. The molecule has 19 heavy (non-hydrogen) atoms. The molecule has 1 aliphatic rings. The van der Waals surface area contributed by atoms with E-state index in [2.05, 4.69) is 48.1 Å². The molecule has 0 saturated heterocycles. The summed E-state index contributed by atoms with van der Waals surface area (Å²) in [5.74, 6) is 0. The Labute approximate surface area is 114 Å². The molecule has 0 atom stereocenters. The van der Waals surface area contributed by atoms with Crippen molar-refractivity contribution in [2.24, 2.45) is 0 Å². The first kappa shape index (κ1) is 12.4. The Balaban J connectivity index is 1.70. The van der Waals surface area contributed by atoms with Crippen molar-refractivity contribution in [1.82, 2.24) is 14.5 Å². The highest BCUT2D eigenvalue weighted by Crippen LogP contribution is 2.44. The van der Waals surface area contributed by atoms with Crippen molar-refractivity contribution in [2.75, 3.05) is 7.05 Å². The summed E-state index contributed by atoms with van der Waals surface area (Å²) in [5.41, 5.74) is 3.04. The quantitative estimate of drug-likeness (QED) is 0.817. The van der Waals surface area contributed by atoms with Crippen LogP contribution in [0.25, 0.3) is 5.69 Å². The summed E-state index contributed by atoms with van der Waals surface area (Å²) in [5, 5.41) is 0. The molecule has 1 fully saturated rings. The molecule has 0 amide bonds. The molecule has 1 heterocycles. The van der Waals surface area contributed by atoms with E-state index >= 15 is 0 Å². The van der Waals surface area contributed by atoms with Gasteiger partial charge in [0, 0.05) is 30.2 Å². The van der Waals surface area contributed by atoms with Gasteiger partial charge in [0.1, 0.15) is 0 Å². The van der Waals surface area contributed by atoms with Gasteiger partial charge in [-0.2, -0.15) is 0 Å². The van der Waals surface area contributed by atoms with Crippen molar-refractivity contribution >= 4 is 0 Å². The molecule has 1 aromatic carbocycles. The molecule has 2 aromatic rings. The minimum atomic E-state index is 0.489. The largest absolute Gasteiger partial charge is 0.306 e. The van der Waals surface area contributed by atoms with E-state index in [1.165, 1.54) is 30.5 Å². The van der Waals surface area contributed by atoms with E-state index in [4.69, 9.17) is 0 Å². The Morgan fingerprint density at radius 2 is 2.00 bits per heavy atom. The zero-order valence-electron chi connectivity index (χ0n) is 11.7. The molecule has 3 heteroatoms. The highest BCUT2D eigenvalue weighted by atomic mass is 15.2. The van der Waals surface area contributed by atoms with E-state index in [0.717, 1.165) is 6.54 Å². The Morgan fingerprint density at radius 3 is 2.53 bits per heavy atom. The van der Waals surface area contributed by atoms with Crippen LogP contribution in [0.5, 0.6) is 0 Å². The summed E-state index contributed by atoms with van der Waals surface area (Å²) in [6.45, 7) is 3.34. The van der Waals surface area contributed by atoms with Gasteiger partial charge in [-0.1, -0.05) is 19.1 Å². The van der Waals surface area contributed by atoms with Crippen LogP contribution in [0.2, 0.25) is 0 Å². The molecule has 0 N–H and O–H groups in total. The van der Waals surface area contributed by atoms with Crippen molar-refractivity contribution in [3.63, 3.8) is 0 Å².